The fraction of sp³-hybridized carbons (Fsp3) is 0.619. The van der Waals surface area contributed by atoms with Gasteiger partial charge in [0.25, 0.3) is 5.91 Å². The fourth-order valence-electron chi connectivity index (χ4n) is 3.55. The maximum absolute atomic E-state index is 12.3. The van der Waals surface area contributed by atoms with Crippen molar-refractivity contribution < 1.29 is 9.59 Å². The first-order valence-corrected chi connectivity index (χ1v) is 9.98. The second kappa shape index (κ2) is 10.3. The smallest absolute Gasteiger partial charge is 0.253 e. The summed E-state index contributed by atoms with van der Waals surface area (Å²) in [6.45, 7) is 2.56. The zero-order chi connectivity index (χ0) is 19.8. The number of nitrogens with zero attached hydrogens (tertiary/aromatic N) is 1. The summed E-state index contributed by atoms with van der Waals surface area (Å²) in [7, 11) is 3.47. The van der Waals surface area contributed by atoms with Gasteiger partial charge in [0, 0.05) is 37.9 Å². The average Bonchev–Trinajstić information content (AvgIpc) is 2.66. The Balaban J connectivity index is 1.73. The van der Waals surface area contributed by atoms with Gasteiger partial charge < -0.3 is 21.3 Å². The molecule has 0 spiro atoms. The largest absolute Gasteiger partial charge is 0.383 e. The minimum atomic E-state index is -0.424. The van der Waals surface area contributed by atoms with Crippen LogP contribution in [0.5, 0.6) is 0 Å². The Labute approximate surface area is 162 Å². The highest BCUT2D eigenvalue weighted by Gasteiger charge is 2.22. The van der Waals surface area contributed by atoms with E-state index in [9.17, 15) is 9.59 Å². The Bertz CT molecular complexity index is 609. The molecule has 2 amide bonds. The van der Waals surface area contributed by atoms with Crippen molar-refractivity contribution in [3.63, 3.8) is 0 Å². The van der Waals surface area contributed by atoms with Crippen molar-refractivity contribution in [1.82, 2.24) is 10.2 Å². The second-order valence-electron chi connectivity index (χ2n) is 7.91. The van der Waals surface area contributed by atoms with Crippen LogP contribution in [0.4, 0.5) is 5.69 Å². The van der Waals surface area contributed by atoms with E-state index < -0.39 is 6.04 Å². The van der Waals surface area contributed by atoms with Crippen LogP contribution in [-0.4, -0.2) is 49.4 Å². The summed E-state index contributed by atoms with van der Waals surface area (Å²) < 4.78 is 0. The van der Waals surface area contributed by atoms with E-state index in [1.165, 1.54) is 32.1 Å². The summed E-state index contributed by atoms with van der Waals surface area (Å²) in [5, 5.41) is 6.28. The van der Waals surface area contributed by atoms with Gasteiger partial charge >= 0.3 is 0 Å². The molecular weight excluding hydrogens is 340 g/mol. The molecule has 2 rings (SSSR count). The molecule has 1 aromatic carbocycles. The molecule has 150 valence electrons. The van der Waals surface area contributed by atoms with Crippen molar-refractivity contribution in [2.24, 2.45) is 11.7 Å². The number of carbonyl (C=O) groups excluding carboxylic acids is 2. The van der Waals surface area contributed by atoms with Gasteiger partial charge in [-0.05, 0) is 43.5 Å². The quantitative estimate of drug-likeness (QED) is 0.653. The first kappa shape index (κ1) is 21.2. The molecule has 27 heavy (non-hydrogen) atoms. The monoisotopic (exact) mass is 374 g/mol. The Morgan fingerprint density at radius 3 is 2.37 bits per heavy atom. The van der Waals surface area contributed by atoms with E-state index >= 15 is 0 Å². The molecule has 1 saturated carbocycles. The highest BCUT2D eigenvalue weighted by atomic mass is 16.2. The molecule has 0 saturated heterocycles. The normalized spacial score (nSPS) is 17.0. The van der Waals surface area contributed by atoms with Crippen LogP contribution >= 0.6 is 0 Å². The van der Waals surface area contributed by atoms with E-state index in [0.717, 1.165) is 12.1 Å². The van der Waals surface area contributed by atoms with Crippen LogP contribution in [-0.2, 0) is 4.79 Å². The van der Waals surface area contributed by atoms with Crippen LogP contribution in [0.15, 0.2) is 24.3 Å². The number of hydrogen-bond acceptors (Lipinski definition) is 4. The molecule has 0 radical (unpaired) electrons. The predicted octanol–water partition coefficient (Wildman–Crippen LogP) is 2.60. The first-order chi connectivity index (χ1) is 12.9. The third kappa shape index (κ3) is 6.86. The van der Waals surface area contributed by atoms with Gasteiger partial charge in [-0.3, -0.25) is 9.59 Å². The zero-order valence-corrected chi connectivity index (χ0v) is 16.8. The van der Waals surface area contributed by atoms with Gasteiger partial charge in [-0.2, -0.15) is 0 Å². The number of nitrogens with one attached hydrogen (secondary N) is 2. The number of amides is 2. The maximum atomic E-state index is 12.3. The predicted molar refractivity (Wildman–Crippen MR) is 110 cm³/mol. The average molecular weight is 375 g/mol. The molecule has 2 atom stereocenters. The van der Waals surface area contributed by atoms with Crippen molar-refractivity contribution in [3.05, 3.63) is 29.8 Å². The summed E-state index contributed by atoms with van der Waals surface area (Å²) in [5.41, 5.74) is 7.67. The summed E-state index contributed by atoms with van der Waals surface area (Å²) in [6, 6.07) is 6.90. The van der Waals surface area contributed by atoms with Crippen LogP contribution in [0.2, 0.25) is 0 Å². The Morgan fingerprint density at radius 1 is 1.15 bits per heavy atom. The molecular formula is C21H34N4O2. The summed E-state index contributed by atoms with van der Waals surface area (Å²) in [6.07, 6.45) is 7.02. The van der Waals surface area contributed by atoms with Crippen molar-refractivity contribution in [2.75, 3.05) is 26.0 Å². The van der Waals surface area contributed by atoms with Crippen LogP contribution in [0.1, 0.15) is 55.8 Å². The van der Waals surface area contributed by atoms with Gasteiger partial charge in [-0.25, -0.2) is 0 Å². The lowest BCUT2D eigenvalue weighted by Crippen LogP contribution is -2.47. The maximum Gasteiger partial charge on any atom is 0.253 e. The van der Waals surface area contributed by atoms with Crippen LogP contribution in [0.3, 0.4) is 0 Å². The molecule has 0 aromatic heterocycles. The first-order valence-electron chi connectivity index (χ1n) is 9.98. The Hall–Kier alpha value is -2.08. The molecule has 6 heteroatoms. The van der Waals surface area contributed by atoms with E-state index in [1.54, 1.807) is 31.1 Å². The highest BCUT2D eigenvalue weighted by Crippen LogP contribution is 2.26. The van der Waals surface area contributed by atoms with Gasteiger partial charge in [0.1, 0.15) is 0 Å². The van der Waals surface area contributed by atoms with E-state index in [4.69, 9.17) is 5.73 Å². The standard InChI is InChI=1S/C21H34N4O2/c1-15(24-20(26)19(22)13-16-7-5-4-6-8-16)14-23-18-11-9-17(10-12-18)21(27)25(2)3/h9-12,15-16,19,23H,4-8,13-14,22H2,1-3H3,(H,24,26)/t15-,19-/m0/s1. The number of hydrogen-bond donors (Lipinski definition) is 3. The number of anilines is 1. The van der Waals surface area contributed by atoms with Gasteiger partial charge in [-0.1, -0.05) is 32.1 Å². The lowest BCUT2D eigenvalue weighted by atomic mass is 9.85. The van der Waals surface area contributed by atoms with E-state index in [0.29, 0.717) is 18.0 Å². The van der Waals surface area contributed by atoms with Gasteiger partial charge in [-0.15, -0.1) is 0 Å². The second-order valence-corrected chi connectivity index (χ2v) is 7.91. The zero-order valence-electron chi connectivity index (χ0n) is 16.8. The highest BCUT2D eigenvalue weighted by molar-refractivity contribution is 5.94. The summed E-state index contributed by atoms with van der Waals surface area (Å²) in [4.78, 5) is 25.8. The summed E-state index contributed by atoms with van der Waals surface area (Å²) in [5.74, 6) is 0.507. The molecule has 0 aliphatic heterocycles. The third-order valence-electron chi connectivity index (χ3n) is 5.19. The molecule has 4 N–H and O–H groups in total. The number of benzene rings is 1. The van der Waals surface area contributed by atoms with E-state index in [2.05, 4.69) is 10.6 Å². The van der Waals surface area contributed by atoms with Crippen LogP contribution < -0.4 is 16.4 Å². The fourth-order valence-corrected chi connectivity index (χ4v) is 3.55. The molecule has 1 fully saturated rings. The number of rotatable bonds is 8. The van der Waals surface area contributed by atoms with Gasteiger partial charge in [0.05, 0.1) is 6.04 Å². The topological polar surface area (TPSA) is 87.5 Å². The minimum Gasteiger partial charge on any atom is -0.383 e. The molecule has 1 aliphatic rings. The van der Waals surface area contributed by atoms with E-state index in [-0.39, 0.29) is 17.9 Å². The third-order valence-corrected chi connectivity index (χ3v) is 5.19. The molecule has 0 bridgehead atoms. The Kier molecular flexibility index (Phi) is 8.10. The molecule has 1 aromatic rings. The molecule has 1 aliphatic carbocycles. The summed E-state index contributed by atoms with van der Waals surface area (Å²) >= 11 is 0. The van der Waals surface area contributed by atoms with E-state index in [1.807, 2.05) is 19.1 Å². The van der Waals surface area contributed by atoms with Crippen molar-refractivity contribution in [1.29, 1.82) is 0 Å². The van der Waals surface area contributed by atoms with Crippen molar-refractivity contribution >= 4 is 17.5 Å². The molecule has 0 heterocycles. The molecule has 6 nitrogen and oxygen atoms in total. The van der Waals surface area contributed by atoms with Crippen LogP contribution in [0.25, 0.3) is 0 Å². The lowest BCUT2D eigenvalue weighted by molar-refractivity contribution is -0.123. The lowest BCUT2D eigenvalue weighted by Gasteiger charge is -2.25. The van der Waals surface area contributed by atoms with Gasteiger partial charge in [0.2, 0.25) is 5.91 Å². The minimum absolute atomic E-state index is 0.0193. The van der Waals surface area contributed by atoms with Crippen molar-refractivity contribution in [2.45, 2.75) is 57.5 Å². The molecule has 0 unspecified atom stereocenters. The van der Waals surface area contributed by atoms with Gasteiger partial charge in [0.15, 0.2) is 0 Å². The van der Waals surface area contributed by atoms with Crippen LogP contribution in [0, 0.1) is 5.92 Å². The number of nitrogens with two attached hydrogens (primary N) is 1. The Morgan fingerprint density at radius 2 is 1.78 bits per heavy atom. The SMILES string of the molecule is C[C@@H](CNc1ccc(C(=O)N(C)C)cc1)NC(=O)[C@@H](N)CC1CCCCC1. The number of carbonyl (C=O) groups is 2. The van der Waals surface area contributed by atoms with Crippen molar-refractivity contribution in [3.8, 4) is 0 Å².